The molecule has 3 aromatic carbocycles. The van der Waals surface area contributed by atoms with Gasteiger partial charge in [-0.15, -0.1) is 10.2 Å². The maximum atomic E-state index is 13.3. The molecule has 0 aliphatic heterocycles. The summed E-state index contributed by atoms with van der Waals surface area (Å²) in [5.74, 6) is -2.97. The molecule has 0 aliphatic carbocycles. The SMILES string of the molecule is O=C(CSc1nnc(-c2ccc(F)cc2)c2ccccc12)Nc1ccc(SC(F)F)cc1. The standard InChI is InChI=1S/C23H16F3N3OS2/c24-15-7-5-14(6-8-15)21-18-3-1-2-4-19(18)22(29-28-21)31-13-20(30)27-16-9-11-17(12-10-16)32-23(25)26/h1-12,23H,13H2,(H,27,30). The van der Waals surface area contributed by atoms with Crippen LogP contribution >= 0.6 is 23.5 Å². The molecular weight excluding hydrogens is 455 g/mol. The summed E-state index contributed by atoms with van der Waals surface area (Å²) in [4.78, 5) is 12.8. The molecule has 1 N–H and O–H groups in total. The van der Waals surface area contributed by atoms with E-state index in [-0.39, 0.29) is 17.5 Å². The van der Waals surface area contributed by atoms with Gasteiger partial charge in [0, 0.05) is 26.9 Å². The van der Waals surface area contributed by atoms with Crippen molar-refractivity contribution in [1.82, 2.24) is 10.2 Å². The fourth-order valence-corrected chi connectivity index (χ4v) is 4.33. The van der Waals surface area contributed by atoms with Crippen LogP contribution in [-0.2, 0) is 4.79 Å². The number of nitrogens with one attached hydrogen (secondary N) is 1. The molecule has 1 amide bonds. The molecule has 0 radical (unpaired) electrons. The summed E-state index contributed by atoms with van der Waals surface area (Å²) in [6.07, 6.45) is 0. The summed E-state index contributed by atoms with van der Waals surface area (Å²) in [5, 5.41) is 13.6. The molecule has 0 saturated heterocycles. The van der Waals surface area contributed by atoms with E-state index in [1.807, 2.05) is 24.3 Å². The number of hydrogen-bond acceptors (Lipinski definition) is 5. The Hall–Kier alpha value is -3.04. The van der Waals surface area contributed by atoms with Crippen molar-refractivity contribution >= 4 is 45.9 Å². The van der Waals surface area contributed by atoms with Crippen LogP contribution in [0.2, 0.25) is 0 Å². The molecule has 0 unspecified atom stereocenters. The first-order chi connectivity index (χ1) is 15.5. The van der Waals surface area contributed by atoms with Crippen molar-refractivity contribution < 1.29 is 18.0 Å². The highest BCUT2D eigenvalue weighted by molar-refractivity contribution is 8.00. The van der Waals surface area contributed by atoms with E-state index in [9.17, 15) is 18.0 Å². The monoisotopic (exact) mass is 471 g/mol. The van der Waals surface area contributed by atoms with Crippen LogP contribution in [0.4, 0.5) is 18.9 Å². The number of nitrogens with zero attached hydrogens (tertiary/aromatic N) is 2. The molecule has 9 heteroatoms. The van der Waals surface area contributed by atoms with Gasteiger partial charge in [-0.2, -0.15) is 8.78 Å². The Morgan fingerprint density at radius 3 is 2.28 bits per heavy atom. The van der Waals surface area contributed by atoms with Crippen LogP contribution in [0.25, 0.3) is 22.0 Å². The summed E-state index contributed by atoms with van der Waals surface area (Å²) in [5.41, 5.74) is 1.91. The second-order valence-electron chi connectivity index (χ2n) is 6.65. The topological polar surface area (TPSA) is 54.9 Å². The summed E-state index contributed by atoms with van der Waals surface area (Å²) in [7, 11) is 0. The van der Waals surface area contributed by atoms with E-state index in [1.165, 1.54) is 36.0 Å². The number of rotatable bonds is 7. The normalized spacial score (nSPS) is 11.1. The van der Waals surface area contributed by atoms with Gasteiger partial charge in [-0.1, -0.05) is 47.8 Å². The Bertz CT molecular complexity index is 1240. The summed E-state index contributed by atoms with van der Waals surface area (Å²) in [6, 6.07) is 19.8. The van der Waals surface area contributed by atoms with Crippen LogP contribution in [0.15, 0.2) is 82.7 Å². The lowest BCUT2D eigenvalue weighted by Crippen LogP contribution is -2.14. The second kappa shape index (κ2) is 10.1. The molecule has 0 bridgehead atoms. The number of hydrogen-bond donors (Lipinski definition) is 1. The van der Waals surface area contributed by atoms with Gasteiger partial charge in [0.25, 0.3) is 5.76 Å². The first-order valence-electron chi connectivity index (χ1n) is 9.48. The lowest BCUT2D eigenvalue weighted by atomic mass is 10.1. The Kier molecular flexibility index (Phi) is 6.96. The number of aromatic nitrogens is 2. The number of thioether (sulfide) groups is 2. The van der Waals surface area contributed by atoms with Gasteiger partial charge in [0.1, 0.15) is 16.5 Å². The van der Waals surface area contributed by atoms with Crippen molar-refractivity contribution in [3.63, 3.8) is 0 Å². The molecule has 4 rings (SSSR count). The van der Waals surface area contributed by atoms with Crippen LogP contribution in [-0.4, -0.2) is 27.6 Å². The molecule has 0 atom stereocenters. The Labute approximate surface area is 190 Å². The van der Waals surface area contributed by atoms with Crippen molar-refractivity contribution in [2.45, 2.75) is 15.7 Å². The van der Waals surface area contributed by atoms with Gasteiger partial charge >= 0.3 is 0 Å². The molecule has 0 fully saturated rings. The first-order valence-corrected chi connectivity index (χ1v) is 11.3. The van der Waals surface area contributed by atoms with Crippen LogP contribution in [0.3, 0.4) is 0 Å². The van der Waals surface area contributed by atoms with Gasteiger partial charge in [-0.3, -0.25) is 4.79 Å². The number of carbonyl (C=O) groups excluding carboxylic acids is 1. The van der Waals surface area contributed by atoms with Crippen LogP contribution < -0.4 is 5.32 Å². The maximum absolute atomic E-state index is 13.3. The van der Waals surface area contributed by atoms with Gasteiger partial charge in [0.2, 0.25) is 5.91 Å². The lowest BCUT2D eigenvalue weighted by molar-refractivity contribution is -0.113. The van der Waals surface area contributed by atoms with Gasteiger partial charge in [-0.25, -0.2) is 4.39 Å². The minimum atomic E-state index is -2.49. The summed E-state index contributed by atoms with van der Waals surface area (Å²) < 4.78 is 38.1. The van der Waals surface area contributed by atoms with Crippen molar-refractivity contribution in [3.05, 3.63) is 78.6 Å². The molecule has 0 spiro atoms. The third-order valence-corrected chi connectivity index (χ3v) is 6.18. The third-order valence-electron chi connectivity index (χ3n) is 4.47. The van der Waals surface area contributed by atoms with Crippen molar-refractivity contribution in [2.75, 3.05) is 11.1 Å². The largest absolute Gasteiger partial charge is 0.325 e. The summed E-state index contributed by atoms with van der Waals surface area (Å²) >= 11 is 1.70. The van der Waals surface area contributed by atoms with E-state index in [0.29, 0.717) is 33.1 Å². The molecule has 0 aliphatic rings. The van der Waals surface area contributed by atoms with Crippen LogP contribution in [0, 0.1) is 5.82 Å². The number of fused-ring (bicyclic) bond motifs is 1. The highest BCUT2D eigenvalue weighted by atomic mass is 32.2. The van der Waals surface area contributed by atoms with E-state index < -0.39 is 5.76 Å². The zero-order chi connectivity index (χ0) is 22.5. The van der Waals surface area contributed by atoms with Crippen molar-refractivity contribution in [3.8, 4) is 11.3 Å². The van der Waals surface area contributed by atoms with Crippen molar-refractivity contribution in [1.29, 1.82) is 0 Å². The molecule has 4 aromatic rings. The van der Waals surface area contributed by atoms with Gasteiger partial charge in [0.05, 0.1) is 5.75 Å². The van der Waals surface area contributed by atoms with E-state index >= 15 is 0 Å². The Morgan fingerprint density at radius 1 is 0.906 bits per heavy atom. The van der Waals surface area contributed by atoms with Crippen molar-refractivity contribution in [2.24, 2.45) is 0 Å². The second-order valence-corrected chi connectivity index (χ2v) is 8.67. The quantitative estimate of drug-likeness (QED) is 0.313. The molecule has 4 nitrogen and oxygen atoms in total. The number of alkyl halides is 2. The molecule has 32 heavy (non-hydrogen) atoms. The molecular formula is C23H16F3N3OS2. The Morgan fingerprint density at radius 2 is 1.59 bits per heavy atom. The molecule has 1 aromatic heterocycles. The van der Waals surface area contributed by atoms with E-state index in [2.05, 4.69) is 15.5 Å². The minimum absolute atomic E-state index is 0.0993. The van der Waals surface area contributed by atoms with Gasteiger partial charge < -0.3 is 5.32 Å². The predicted molar refractivity (Wildman–Crippen MR) is 123 cm³/mol. The molecule has 162 valence electrons. The third kappa shape index (κ3) is 5.41. The van der Waals surface area contributed by atoms with E-state index in [4.69, 9.17) is 0 Å². The van der Waals surface area contributed by atoms with E-state index in [0.717, 1.165) is 16.3 Å². The molecule has 0 saturated carbocycles. The number of carbonyl (C=O) groups is 1. The number of anilines is 1. The predicted octanol–water partition coefficient (Wildman–Crippen LogP) is 6.48. The highest BCUT2D eigenvalue weighted by Crippen LogP contribution is 2.32. The fraction of sp³-hybridized carbons (Fsp3) is 0.0870. The number of halogens is 3. The summed E-state index contributed by atoms with van der Waals surface area (Å²) in [6.45, 7) is 0. The number of benzene rings is 3. The highest BCUT2D eigenvalue weighted by Gasteiger charge is 2.13. The average Bonchev–Trinajstić information content (AvgIpc) is 2.79. The maximum Gasteiger partial charge on any atom is 0.288 e. The first kappa shape index (κ1) is 22.2. The Balaban J connectivity index is 1.47. The van der Waals surface area contributed by atoms with Gasteiger partial charge in [0.15, 0.2) is 0 Å². The zero-order valence-electron chi connectivity index (χ0n) is 16.5. The van der Waals surface area contributed by atoms with Gasteiger partial charge in [-0.05, 0) is 48.5 Å². The average molecular weight is 472 g/mol. The van der Waals surface area contributed by atoms with Crippen LogP contribution in [0.5, 0.6) is 0 Å². The van der Waals surface area contributed by atoms with Crippen LogP contribution in [0.1, 0.15) is 0 Å². The smallest absolute Gasteiger partial charge is 0.288 e. The fourth-order valence-electron chi connectivity index (χ4n) is 3.06. The number of amides is 1. The minimum Gasteiger partial charge on any atom is -0.325 e. The van der Waals surface area contributed by atoms with E-state index in [1.54, 1.807) is 24.3 Å². The lowest BCUT2D eigenvalue weighted by Gasteiger charge is -2.10. The zero-order valence-corrected chi connectivity index (χ0v) is 18.1. The molecule has 1 heterocycles.